The van der Waals surface area contributed by atoms with Crippen LogP contribution in [0.3, 0.4) is 0 Å². The predicted octanol–water partition coefficient (Wildman–Crippen LogP) is 6.11. The third-order valence-electron chi connectivity index (χ3n) is 7.35. The Hall–Kier alpha value is -2.66. The van der Waals surface area contributed by atoms with Crippen LogP contribution in [0.25, 0.3) is 0 Å². The Morgan fingerprint density at radius 1 is 1.02 bits per heavy atom. The van der Waals surface area contributed by atoms with Crippen LogP contribution in [0.1, 0.15) is 89.0 Å². The van der Waals surface area contributed by atoms with Crippen molar-refractivity contribution in [2.45, 2.75) is 102 Å². The van der Waals surface area contributed by atoms with Crippen LogP contribution in [0.2, 0.25) is 0 Å². The molecule has 4 rings (SSSR count). The van der Waals surface area contributed by atoms with Gasteiger partial charge in [0, 0.05) is 45.2 Å². The molecule has 2 aromatic carbocycles. The van der Waals surface area contributed by atoms with E-state index in [2.05, 4.69) is 4.72 Å². The van der Waals surface area contributed by atoms with E-state index in [4.69, 9.17) is 18.9 Å². The highest BCUT2D eigenvalue weighted by Crippen LogP contribution is 2.35. The topological polar surface area (TPSA) is 103 Å². The van der Waals surface area contributed by atoms with Gasteiger partial charge in [-0.15, -0.1) is 0 Å². The number of ether oxygens (including phenoxy) is 4. The predicted molar refractivity (Wildman–Crippen MR) is 161 cm³/mol. The number of cyclic esters (lactones) is 1. The Balaban J connectivity index is 1.04. The third kappa shape index (κ3) is 9.42. The number of amides is 1. The number of nitrogens with zero attached hydrogens (tertiary/aromatic N) is 1. The Bertz CT molecular complexity index is 1300. The van der Waals surface area contributed by atoms with Crippen LogP contribution in [0.5, 0.6) is 5.75 Å². The molecule has 1 saturated heterocycles. The van der Waals surface area contributed by atoms with Crippen LogP contribution in [0, 0.1) is 0 Å². The molecule has 2 aliphatic heterocycles. The van der Waals surface area contributed by atoms with Crippen LogP contribution >= 0.6 is 0 Å². The lowest BCUT2D eigenvalue weighted by molar-refractivity contribution is -0.180. The lowest BCUT2D eigenvalue weighted by Gasteiger charge is -2.32. The van der Waals surface area contributed by atoms with Crippen molar-refractivity contribution in [3.05, 3.63) is 59.2 Å². The summed E-state index contributed by atoms with van der Waals surface area (Å²) >= 11 is 0. The highest BCUT2D eigenvalue weighted by molar-refractivity contribution is 7.89. The van der Waals surface area contributed by atoms with Gasteiger partial charge in [0.25, 0.3) is 0 Å². The van der Waals surface area contributed by atoms with Gasteiger partial charge in [0.05, 0.1) is 18.0 Å². The van der Waals surface area contributed by atoms with Gasteiger partial charge in [-0.25, -0.2) is 17.9 Å². The number of unbranched alkanes of at least 4 members (excludes halogenated alkanes) is 4. The average molecular weight is 603 g/mol. The van der Waals surface area contributed by atoms with Crippen LogP contribution < -0.4 is 9.46 Å². The summed E-state index contributed by atoms with van der Waals surface area (Å²) in [5.74, 6) is 0.183. The molecular formula is C32H46N2O7S. The molecule has 10 heteroatoms. The van der Waals surface area contributed by atoms with Crippen molar-refractivity contribution in [1.82, 2.24) is 9.62 Å². The van der Waals surface area contributed by atoms with E-state index < -0.39 is 15.8 Å². The number of benzene rings is 2. The van der Waals surface area contributed by atoms with Crippen LogP contribution in [-0.2, 0) is 37.3 Å². The third-order valence-corrected chi connectivity index (χ3v) is 9.00. The lowest BCUT2D eigenvalue weighted by atomic mass is 10.0. The number of hydrogen-bond donors (Lipinski definition) is 1. The van der Waals surface area contributed by atoms with Crippen LogP contribution in [0.4, 0.5) is 4.79 Å². The highest BCUT2D eigenvalue weighted by atomic mass is 32.2. The molecule has 1 N–H and O–H groups in total. The zero-order valence-corrected chi connectivity index (χ0v) is 26.2. The number of rotatable bonds is 16. The van der Waals surface area contributed by atoms with E-state index in [0.29, 0.717) is 31.2 Å². The minimum absolute atomic E-state index is 0.140. The molecule has 0 radical (unpaired) electrons. The number of nitrogens with one attached hydrogen (secondary N) is 1. The monoisotopic (exact) mass is 602 g/mol. The van der Waals surface area contributed by atoms with Gasteiger partial charge in [-0.05, 0) is 81.3 Å². The van der Waals surface area contributed by atoms with Crippen molar-refractivity contribution in [3.8, 4) is 5.75 Å². The second-order valence-electron chi connectivity index (χ2n) is 11.9. The Labute approximate surface area is 250 Å². The minimum atomic E-state index is -3.47. The maximum atomic E-state index is 12.4. The molecule has 2 heterocycles. The van der Waals surface area contributed by atoms with E-state index in [0.717, 1.165) is 74.0 Å². The molecule has 1 fully saturated rings. The number of carbonyl (C=O) groups is 1. The number of aryl methyl sites for hydroxylation is 1. The molecule has 1 atom stereocenters. The summed E-state index contributed by atoms with van der Waals surface area (Å²) in [7, 11) is -3.47. The fraction of sp³-hybridized carbons (Fsp3) is 0.594. The zero-order valence-electron chi connectivity index (χ0n) is 25.4. The second-order valence-corrected chi connectivity index (χ2v) is 13.6. The molecule has 232 valence electrons. The standard InChI is InChI=1S/C32H46N2O7S/c1-24(2)33-42(36,37)28-14-11-13-25(20-28)12-7-10-19-38-18-9-6-5-8-17-34-22-30(40-31(34)35)26-15-16-29-27(21-26)23-39-32(3,4)41-29/h11,13-16,20-21,24,30,33H,5-10,12,17-19,22-23H2,1-4H3/t30-/m0/s1. The zero-order chi connectivity index (χ0) is 30.2. The molecule has 0 aliphatic carbocycles. The summed E-state index contributed by atoms with van der Waals surface area (Å²) in [5.41, 5.74) is 2.96. The van der Waals surface area contributed by atoms with Crippen molar-refractivity contribution in [2.24, 2.45) is 0 Å². The summed E-state index contributed by atoms with van der Waals surface area (Å²) in [5, 5.41) is 0. The summed E-state index contributed by atoms with van der Waals surface area (Å²) < 4.78 is 50.4. The molecule has 0 unspecified atom stereocenters. The molecule has 1 amide bonds. The van der Waals surface area contributed by atoms with Crippen LogP contribution in [-0.4, -0.2) is 57.5 Å². The number of sulfonamides is 1. The minimum Gasteiger partial charge on any atom is -0.463 e. The average Bonchev–Trinajstić information content (AvgIpc) is 3.30. The molecular weight excluding hydrogens is 556 g/mol. The van der Waals surface area contributed by atoms with Gasteiger partial charge in [0.15, 0.2) is 0 Å². The summed E-state index contributed by atoms with van der Waals surface area (Å²) in [6.45, 7) is 10.6. The van der Waals surface area contributed by atoms with Gasteiger partial charge in [-0.3, -0.25) is 0 Å². The molecule has 2 aromatic rings. The van der Waals surface area contributed by atoms with Gasteiger partial charge >= 0.3 is 6.09 Å². The summed E-state index contributed by atoms with van der Waals surface area (Å²) in [6.07, 6.45) is 6.18. The van der Waals surface area contributed by atoms with Crippen molar-refractivity contribution in [2.75, 3.05) is 26.3 Å². The van der Waals surface area contributed by atoms with Gasteiger partial charge < -0.3 is 23.8 Å². The largest absolute Gasteiger partial charge is 0.463 e. The Kier molecular flexibility index (Phi) is 11.3. The quantitative estimate of drug-likeness (QED) is 0.231. The van der Waals surface area contributed by atoms with Crippen molar-refractivity contribution in [1.29, 1.82) is 0 Å². The molecule has 0 bridgehead atoms. The van der Waals surface area contributed by atoms with Gasteiger partial charge in [-0.1, -0.05) is 31.0 Å². The Morgan fingerprint density at radius 2 is 1.79 bits per heavy atom. The highest BCUT2D eigenvalue weighted by Gasteiger charge is 2.33. The van der Waals surface area contributed by atoms with Crippen molar-refractivity contribution in [3.63, 3.8) is 0 Å². The van der Waals surface area contributed by atoms with Gasteiger partial charge in [-0.2, -0.15) is 0 Å². The second kappa shape index (κ2) is 14.7. The molecule has 2 aliphatic rings. The smallest absolute Gasteiger partial charge is 0.410 e. The molecule has 0 saturated carbocycles. The van der Waals surface area contributed by atoms with Crippen molar-refractivity contribution >= 4 is 16.1 Å². The molecule has 0 aromatic heterocycles. The van der Waals surface area contributed by atoms with E-state index in [1.807, 2.05) is 52.0 Å². The normalized spacial score (nSPS) is 18.2. The first-order valence-electron chi connectivity index (χ1n) is 15.1. The number of carbonyl (C=O) groups excluding carboxylic acids is 1. The van der Waals surface area contributed by atoms with E-state index in [-0.39, 0.29) is 18.2 Å². The summed E-state index contributed by atoms with van der Waals surface area (Å²) in [6, 6.07) is 12.9. The van der Waals surface area contributed by atoms with E-state index >= 15 is 0 Å². The fourth-order valence-electron chi connectivity index (χ4n) is 5.16. The molecule has 42 heavy (non-hydrogen) atoms. The maximum absolute atomic E-state index is 12.4. The first-order chi connectivity index (χ1) is 20.0. The number of fused-ring (bicyclic) bond motifs is 1. The van der Waals surface area contributed by atoms with Crippen LogP contribution in [0.15, 0.2) is 47.4 Å². The van der Waals surface area contributed by atoms with E-state index in [1.54, 1.807) is 23.1 Å². The summed E-state index contributed by atoms with van der Waals surface area (Å²) in [4.78, 5) is 14.5. The lowest BCUT2D eigenvalue weighted by Crippen LogP contribution is -2.35. The fourth-order valence-corrected chi connectivity index (χ4v) is 6.49. The molecule has 9 nitrogen and oxygen atoms in total. The first kappa shape index (κ1) is 32.3. The van der Waals surface area contributed by atoms with Crippen molar-refractivity contribution < 1.29 is 32.2 Å². The Morgan fingerprint density at radius 3 is 2.57 bits per heavy atom. The van der Waals surface area contributed by atoms with E-state index in [1.165, 1.54) is 0 Å². The first-order valence-corrected chi connectivity index (χ1v) is 16.6. The van der Waals surface area contributed by atoms with E-state index in [9.17, 15) is 13.2 Å². The maximum Gasteiger partial charge on any atom is 0.410 e. The van der Waals surface area contributed by atoms with Gasteiger partial charge in [0.2, 0.25) is 15.8 Å². The van der Waals surface area contributed by atoms with Gasteiger partial charge in [0.1, 0.15) is 11.9 Å². The molecule has 0 spiro atoms. The SMILES string of the molecule is CC(C)NS(=O)(=O)c1cccc(CCCCOCCCCCCN2C[C@@H](c3ccc4c(c3)COC(C)(C)O4)OC2=O)c1. The number of hydrogen-bond acceptors (Lipinski definition) is 7.